The number of rotatable bonds is 8. The molecule has 25 heavy (non-hydrogen) atoms. The second kappa shape index (κ2) is 10.4. The highest BCUT2D eigenvalue weighted by molar-refractivity contribution is 7.80. The van der Waals surface area contributed by atoms with E-state index in [4.69, 9.17) is 9.47 Å². The fourth-order valence-corrected chi connectivity index (χ4v) is 2.37. The van der Waals surface area contributed by atoms with Gasteiger partial charge in [0.25, 0.3) is 0 Å². The molecule has 1 amide bonds. The summed E-state index contributed by atoms with van der Waals surface area (Å²) in [7, 11) is 0. The molecule has 0 aromatic heterocycles. The van der Waals surface area contributed by atoms with Crippen LogP contribution in [-0.2, 0) is 27.5 Å². The molecule has 0 unspecified atom stereocenters. The van der Waals surface area contributed by atoms with Crippen molar-refractivity contribution in [3.8, 4) is 0 Å². The SMILES string of the molecule is O=C(N[C@@H](CCS)C(=O)OCc1ccccc1)OCc1ccccc1. The van der Waals surface area contributed by atoms with Crippen LogP contribution in [0.4, 0.5) is 4.79 Å². The molecule has 0 aliphatic heterocycles. The summed E-state index contributed by atoms with van der Waals surface area (Å²) in [5.74, 6) is -0.0704. The lowest BCUT2D eigenvalue weighted by atomic mass is 10.2. The number of benzene rings is 2. The monoisotopic (exact) mass is 359 g/mol. The number of ether oxygens (including phenoxy) is 2. The van der Waals surface area contributed by atoms with Crippen LogP contribution < -0.4 is 5.32 Å². The molecule has 0 aliphatic carbocycles. The Morgan fingerprint density at radius 3 is 1.92 bits per heavy atom. The number of nitrogens with one attached hydrogen (secondary N) is 1. The summed E-state index contributed by atoms with van der Waals surface area (Å²) in [6, 6.07) is 17.9. The number of hydrogen-bond donors (Lipinski definition) is 2. The first kappa shape index (κ1) is 18.9. The molecule has 5 nitrogen and oxygen atoms in total. The van der Waals surface area contributed by atoms with Crippen LogP contribution in [0.3, 0.4) is 0 Å². The van der Waals surface area contributed by atoms with Gasteiger partial charge in [0.05, 0.1) is 0 Å². The van der Waals surface area contributed by atoms with Crippen molar-refractivity contribution in [1.29, 1.82) is 0 Å². The standard InChI is InChI=1S/C19H21NO4S/c21-18(23-13-15-7-3-1-4-8-15)17(11-12-25)20-19(22)24-14-16-9-5-2-6-10-16/h1-10,17,25H,11-14H2,(H,20,22)/t17-/m0/s1. The highest BCUT2D eigenvalue weighted by Crippen LogP contribution is 2.06. The maximum Gasteiger partial charge on any atom is 0.408 e. The second-order valence-electron chi connectivity index (χ2n) is 5.36. The molecular weight excluding hydrogens is 338 g/mol. The summed E-state index contributed by atoms with van der Waals surface area (Å²) in [4.78, 5) is 24.1. The molecule has 6 heteroatoms. The summed E-state index contributed by atoms with van der Waals surface area (Å²) in [6.07, 6.45) is -0.302. The van der Waals surface area contributed by atoms with Crippen LogP contribution in [0.2, 0.25) is 0 Å². The first-order valence-electron chi connectivity index (χ1n) is 7.97. The molecular formula is C19H21NO4S. The van der Waals surface area contributed by atoms with E-state index in [1.54, 1.807) is 0 Å². The summed E-state index contributed by atoms with van der Waals surface area (Å²) >= 11 is 4.12. The number of amides is 1. The fourth-order valence-electron chi connectivity index (χ4n) is 2.11. The van der Waals surface area contributed by atoms with Gasteiger partial charge in [-0.25, -0.2) is 9.59 Å². The van der Waals surface area contributed by atoms with E-state index in [1.807, 2.05) is 60.7 Å². The highest BCUT2D eigenvalue weighted by Gasteiger charge is 2.22. The Bertz CT molecular complexity index is 664. The quantitative estimate of drug-likeness (QED) is 0.560. The van der Waals surface area contributed by atoms with E-state index in [0.29, 0.717) is 12.2 Å². The molecule has 2 rings (SSSR count). The van der Waals surface area contributed by atoms with Crippen LogP contribution in [-0.4, -0.2) is 23.9 Å². The Hall–Kier alpha value is -2.47. The summed E-state index contributed by atoms with van der Waals surface area (Å²) in [5, 5.41) is 2.54. The van der Waals surface area contributed by atoms with Crippen LogP contribution in [0.25, 0.3) is 0 Å². The molecule has 1 atom stereocenters. The molecule has 0 fully saturated rings. The fraction of sp³-hybridized carbons (Fsp3) is 0.263. The van der Waals surface area contributed by atoms with Gasteiger partial charge >= 0.3 is 12.1 Å². The molecule has 0 bridgehead atoms. The molecule has 2 aromatic carbocycles. The Balaban J connectivity index is 1.81. The van der Waals surface area contributed by atoms with Crippen LogP contribution >= 0.6 is 12.6 Å². The average molecular weight is 359 g/mol. The van der Waals surface area contributed by atoms with Gasteiger partial charge in [-0.3, -0.25) is 0 Å². The van der Waals surface area contributed by atoms with Crippen molar-refractivity contribution in [2.75, 3.05) is 5.75 Å². The van der Waals surface area contributed by atoms with Crippen molar-refractivity contribution in [2.45, 2.75) is 25.7 Å². The lowest BCUT2D eigenvalue weighted by Gasteiger charge is -2.17. The summed E-state index contributed by atoms with van der Waals surface area (Å²) < 4.78 is 10.4. The lowest BCUT2D eigenvalue weighted by molar-refractivity contribution is -0.147. The van der Waals surface area contributed by atoms with Gasteiger partial charge in [-0.05, 0) is 23.3 Å². The van der Waals surface area contributed by atoms with Crippen molar-refractivity contribution in [1.82, 2.24) is 5.32 Å². The van der Waals surface area contributed by atoms with E-state index in [1.165, 1.54) is 0 Å². The smallest absolute Gasteiger partial charge is 0.408 e. The van der Waals surface area contributed by atoms with E-state index in [0.717, 1.165) is 11.1 Å². The number of esters is 1. The predicted octanol–water partition coefficient (Wildman–Crippen LogP) is 3.34. The number of thiol groups is 1. The van der Waals surface area contributed by atoms with E-state index < -0.39 is 18.1 Å². The average Bonchev–Trinajstić information content (AvgIpc) is 2.66. The third-order valence-electron chi connectivity index (χ3n) is 3.43. The van der Waals surface area contributed by atoms with Crippen LogP contribution in [0.1, 0.15) is 17.5 Å². The molecule has 0 aliphatic rings. The molecule has 0 spiro atoms. The van der Waals surface area contributed by atoms with Crippen LogP contribution in [0.15, 0.2) is 60.7 Å². The topological polar surface area (TPSA) is 64.6 Å². The summed E-state index contributed by atoms with van der Waals surface area (Å²) in [5.41, 5.74) is 1.75. The molecule has 0 heterocycles. The van der Waals surface area contributed by atoms with Crippen molar-refractivity contribution < 1.29 is 19.1 Å². The van der Waals surface area contributed by atoms with Crippen molar-refractivity contribution in [3.05, 3.63) is 71.8 Å². The Kier molecular flexibility index (Phi) is 7.85. The minimum atomic E-state index is -0.788. The Morgan fingerprint density at radius 2 is 1.40 bits per heavy atom. The molecule has 0 radical (unpaired) electrons. The van der Waals surface area contributed by atoms with E-state index >= 15 is 0 Å². The Morgan fingerprint density at radius 1 is 0.880 bits per heavy atom. The predicted molar refractivity (Wildman–Crippen MR) is 98.3 cm³/mol. The molecule has 0 saturated heterocycles. The number of alkyl carbamates (subject to hydrolysis) is 1. The first-order chi connectivity index (χ1) is 12.2. The highest BCUT2D eigenvalue weighted by atomic mass is 32.1. The van der Waals surface area contributed by atoms with Crippen LogP contribution in [0.5, 0.6) is 0 Å². The molecule has 0 saturated carbocycles. The van der Waals surface area contributed by atoms with E-state index in [-0.39, 0.29) is 13.2 Å². The van der Waals surface area contributed by atoms with Gasteiger partial charge in [-0.2, -0.15) is 12.6 Å². The van der Waals surface area contributed by atoms with Gasteiger partial charge in [0.15, 0.2) is 0 Å². The van der Waals surface area contributed by atoms with Gasteiger partial charge < -0.3 is 14.8 Å². The third kappa shape index (κ3) is 6.89. The van der Waals surface area contributed by atoms with Gasteiger partial charge in [-0.1, -0.05) is 60.7 Å². The van der Waals surface area contributed by atoms with Gasteiger partial charge in [0, 0.05) is 0 Å². The zero-order valence-electron chi connectivity index (χ0n) is 13.8. The minimum Gasteiger partial charge on any atom is -0.459 e. The maximum absolute atomic E-state index is 12.2. The second-order valence-corrected chi connectivity index (χ2v) is 5.81. The number of carbonyl (C=O) groups is 2. The van der Waals surface area contributed by atoms with E-state index in [9.17, 15) is 9.59 Å². The zero-order chi connectivity index (χ0) is 17.9. The normalized spacial score (nSPS) is 11.4. The van der Waals surface area contributed by atoms with Crippen molar-refractivity contribution in [3.63, 3.8) is 0 Å². The van der Waals surface area contributed by atoms with Crippen molar-refractivity contribution in [2.24, 2.45) is 0 Å². The van der Waals surface area contributed by atoms with Gasteiger partial charge in [0.1, 0.15) is 19.3 Å². The Labute approximate surface area is 152 Å². The number of carbonyl (C=O) groups excluding carboxylic acids is 2. The largest absolute Gasteiger partial charge is 0.459 e. The zero-order valence-corrected chi connectivity index (χ0v) is 14.7. The third-order valence-corrected chi connectivity index (χ3v) is 3.69. The van der Waals surface area contributed by atoms with Crippen LogP contribution in [0, 0.1) is 0 Å². The first-order valence-corrected chi connectivity index (χ1v) is 8.61. The molecule has 1 N–H and O–H groups in total. The molecule has 2 aromatic rings. The minimum absolute atomic E-state index is 0.138. The van der Waals surface area contributed by atoms with Gasteiger partial charge in [-0.15, -0.1) is 0 Å². The molecule has 132 valence electrons. The number of hydrogen-bond acceptors (Lipinski definition) is 5. The summed E-state index contributed by atoms with van der Waals surface area (Å²) in [6.45, 7) is 0.294. The van der Waals surface area contributed by atoms with Crippen molar-refractivity contribution >= 4 is 24.7 Å². The lowest BCUT2D eigenvalue weighted by Crippen LogP contribution is -2.42. The van der Waals surface area contributed by atoms with Gasteiger partial charge in [0.2, 0.25) is 0 Å². The van der Waals surface area contributed by atoms with E-state index in [2.05, 4.69) is 17.9 Å². The maximum atomic E-state index is 12.2.